The van der Waals surface area contributed by atoms with Crippen LogP contribution in [0.25, 0.3) is 0 Å². The quantitative estimate of drug-likeness (QED) is 0.485. The average Bonchev–Trinajstić information content (AvgIpc) is 3.54. The van der Waals surface area contributed by atoms with Gasteiger partial charge < -0.3 is 19.7 Å². The van der Waals surface area contributed by atoms with Gasteiger partial charge in [-0.1, -0.05) is 18.2 Å². The van der Waals surface area contributed by atoms with Gasteiger partial charge in [0.05, 0.1) is 17.3 Å². The lowest BCUT2D eigenvalue weighted by Crippen LogP contribution is -2.42. The normalized spacial score (nSPS) is 15.2. The first-order valence-corrected chi connectivity index (χ1v) is 12.3. The summed E-state index contributed by atoms with van der Waals surface area (Å²) in [5, 5.41) is 4.88. The van der Waals surface area contributed by atoms with Crippen LogP contribution in [0, 0.1) is 13.8 Å². The molecule has 1 fully saturated rings. The summed E-state index contributed by atoms with van der Waals surface area (Å²) in [6, 6.07) is 12.8. The number of hydrogen-bond acceptors (Lipinski definition) is 6. The highest BCUT2D eigenvalue weighted by molar-refractivity contribution is 7.07. The van der Waals surface area contributed by atoms with Gasteiger partial charge in [0, 0.05) is 29.8 Å². The van der Waals surface area contributed by atoms with E-state index < -0.39 is 0 Å². The third kappa shape index (κ3) is 6.21. The third-order valence-corrected chi connectivity index (χ3v) is 6.53. The standard InChI is InChI=1S/C26H29N3O4S/c1-18-6-3-10-24(19(18)2)28-25(30)14-29(13-23-9-5-11-32-23)26(31)20-7-4-8-22(12-20)33-15-21-16-34-17-27-21/h3-4,6-8,10,12,16-17,23H,5,9,11,13-15H2,1-2H3,(H,28,30)/t23-/m1/s1. The number of nitrogens with zero attached hydrogens (tertiary/aromatic N) is 2. The van der Waals surface area contributed by atoms with E-state index in [4.69, 9.17) is 9.47 Å². The Morgan fingerprint density at radius 1 is 1.24 bits per heavy atom. The number of rotatable bonds is 9. The first kappa shape index (κ1) is 23.9. The summed E-state index contributed by atoms with van der Waals surface area (Å²) in [5.74, 6) is 0.109. The molecule has 0 unspecified atom stereocenters. The van der Waals surface area contributed by atoms with Crippen LogP contribution in [0.3, 0.4) is 0 Å². The Labute approximate surface area is 203 Å². The molecule has 2 heterocycles. The van der Waals surface area contributed by atoms with Crippen molar-refractivity contribution < 1.29 is 19.1 Å². The smallest absolute Gasteiger partial charge is 0.254 e. The number of aromatic nitrogens is 1. The lowest BCUT2D eigenvalue weighted by Gasteiger charge is -2.25. The number of hydrogen-bond donors (Lipinski definition) is 1. The van der Waals surface area contributed by atoms with E-state index in [9.17, 15) is 9.59 Å². The fourth-order valence-electron chi connectivity index (χ4n) is 3.87. The Morgan fingerprint density at radius 2 is 2.09 bits per heavy atom. The fraction of sp³-hybridized carbons (Fsp3) is 0.346. The molecule has 1 aromatic heterocycles. The van der Waals surface area contributed by atoms with Crippen molar-refractivity contribution in [2.45, 2.75) is 39.4 Å². The summed E-state index contributed by atoms with van der Waals surface area (Å²) >= 11 is 1.51. The van der Waals surface area contributed by atoms with Gasteiger partial charge in [-0.25, -0.2) is 4.98 Å². The fourth-order valence-corrected chi connectivity index (χ4v) is 4.41. The summed E-state index contributed by atoms with van der Waals surface area (Å²) in [7, 11) is 0. The Bertz CT molecular complexity index is 1130. The number of carbonyl (C=O) groups is 2. The van der Waals surface area contributed by atoms with Gasteiger partial charge in [-0.15, -0.1) is 11.3 Å². The van der Waals surface area contributed by atoms with E-state index in [1.807, 2.05) is 37.4 Å². The van der Waals surface area contributed by atoms with Crippen LogP contribution in [-0.4, -0.2) is 47.5 Å². The zero-order valence-corrected chi connectivity index (χ0v) is 20.3. The van der Waals surface area contributed by atoms with Gasteiger partial charge in [0.1, 0.15) is 18.9 Å². The Balaban J connectivity index is 1.47. The van der Waals surface area contributed by atoms with Gasteiger partial charge in [-0.2, -0.15) is 0 Å². The molecule has 3 aromatic rings. The van der Waals surface area contributed by atoms with Crippen molar-refractivity contribution in [2.24, 2.45) is 0 Å². The second-order valence-electron chi connectivity index (χ2n) is 8.41. The lowest BCUT2D eigenvalue weighted by atomic mass is 10.1. The first-order chi connectivity index (χ1) is 16.5. The molecule has 1 aliphatic rings. The van der Waals surface area contributed by atoms with Gasteiger partial charge in [0.15, 0.2) is 0 Å². The topological polar surface area (TPSA) is 80.8 Å². The van der Waals surface area contributed by atoms with Crippen molar-refractivity contribution in [3.63, 3.8) is 0 Å². The summed E-state index contributed by atoms with van der Waals surface area (Å²) in [6.07, 6.45) is 1.77. The zero-order valence-electron chi connectivity index (χ0n) is 19.5. The molecule has 0 bridgehead atoms. The Kier molecular flexibility index (Phi) is 7.92. The summed E-state index contributed by atoms with van der Waals surface area (Å²) < 4.78 is 11.6. The number of benzene rings is 2. The number of carbonyl (C=O) groups excluding carboxylic acids is 2. The lowest BCUT2D eigenvalue weighted by molar-refractivity contribution is -0.117. The predicted octanol–water partition coefficient (Wildman–Crippen LogP) is 4.60. The van der Waals surface area contributed by atoms with Gasteiger partial charge >= 0.3 is 0 Å². The van der Waals surface area contributed by atoms with Crippen molar-refractivity contribution in [1.82, 2.24) is 9.88 Å². The third-order valence-electron chi connectivity index (χ3n) is 5.90. The van der Waals surface area contributed by atoms with Crippen molar-refractivity contribution in [3.8, 4) is 5.75 Å². The molecule has 34 heavy (non-hydrogen) atoms. The summed E-state index contributed by atoms with van der Waals surface area (Å²) in [6.45, 7) is 5.29. The van der Waals surface area contributed by atoms with Crippen molar-refractivity contribution in [3.05, 3.63) is 75.7 Å². The molecule has 0 spiro atoms. The molecular weight excluding hydrogens is 450 g/mol. The summed E-state index contributed by atoms with van der Waals surface area (Å²) in [4.78, 5) is 32.1. The van der Waals surface area contributed by atoms with Crippen LogP contribution in [0.1, 0.15) is 40.0 Å². The van der Waals surface area contributed by atoms with Crippen molar-refractivity contribution in [2.75, 3.05) is 25.0 Å². The van der Waals surface area contributed by atoms with E-state index >= 15 is 0 Å². The minimum atomic E-state index is -0.240. The molecule has 8 heteroatoms. The second-order valence-corrected chi connectivity index (χ2v) is 9.13. The zero-order chi connectivity index (χ0) is 23.9. The molecule has 7 nitrogen and oxygen atoms in total. The number of anilines is 1. The number of aryl methyl sites for hydroxylation is 1. The van der Waals surface area contributed by atoms with Crippen LogP contribution >= 0.6 is 11.3 Å². The van der Waals surface area contributed by atoms with E-state index in [1.165, 1.54) is 11.3 Å². The van der Waals surface area contributed by atoms with Crippen molar-refractivity contribution in [1.29, 1.82) is 0 Å². The highest BCUT2D eigenvalue weighted by atomic mass is 32.1. The van der Waals surface area contributed by atoms with E-state index in [1.54, 1.807) is 34.7 Å². The molecule has 1 atom stereocenters. The number of ether oxygens (including phenoxy) is 2. The molecule has 178 valence electrons. The van der Waals surface area contributed by atoms with Crippen LogP contribution in [0.15, 0.2) is 53.4 Å². The van der Waals surface area contributed by atoms with Gasteiger partial charge in [0.2, 0.25) is 5.91 Å². The molecule has 0 saturated carbocycles. The van der Waals surface area contributed by atoms with Gasteiger partial charge in [0.25, 0.3) is 5.91 Å². The maximum absolute atomic E-state index is 13.5. The van der Waals surface area contributed by atoms with E-state index in [2.05, 4.69) is 10.3 Å². The molecule has 1 N–H and O–H groups in total. The maximum atomic E-state index is 13.5. The maximum Gasteiger partial charge on any atom is 0.254 e. The molecular formula is C26H29N3O4S. The molecule has 1 saturated heterocycles. The summed E-state index contributed by atoms with van der Waals surface area (Å²) in [5.41, 5.74) is 5.92. The van der Waals surface area contributed by atoms with Crippen LogP contribution in [0.4, 0.5) is 5.69 Å². The van der Waals surface area contributed by atoms with Crippen LogP contribution in [-0.2, 0) is 16.1 Å². The van der Waals surface area contributed by atoms with Crippen molar-refractivity contribution >= 4 is 28.8 Å². The molecule has 0 aliphatic carbocycles. The number of nitrogens with one attached hydrogen (secondary N) is 1. The molecule has 4 rings (SSSR count). The average molecular weight is 480 g/mol. The molecule has 0 radical (unpaired) electrons. The van der Waals surface area contributed by atoms with Gasteiger partial charge in [-0.05, 0) is 62.1 Å². The first-order valence-electron chi connectivity index (χ1n) is 11.4. The number of amides is 2. The van der Waals surface area contributed by atoms with Gasteiger partial charge in [-0.3, -0.25) is 9.59 Å². The minimum absolute atomic E-state index is 0.0595. The SMILES string of the molecule is Cc1cccc(NC(=O)CN(C[C@H]2CCCO2)C(=O)c2cccc(OCc3cscn3)c2)c1C. The minimum Gasteiger partial charge on any atom is -0.487 e. The molecule has 2 amide bonds. The second kappa shape index (κ2) is 11.3. The highest BCUT2D eigenvalue weighted by Gasteiger charge is 2.25. The van der Waals surface area contributed by atoms with Crippen LogP contribution < -0.4 is 10.1 Å². The predicted molar refractivity (Wildman–Crippen MR) is 132 cm³/mol. The largest absolute Gasteiger partial charge is 0.487 e. The van der Waals surface area contributed by atoms with Crippen LogP contribution in [0.2, 0.25) is 0 Å². The Hall–Kier alpha value is -3.23. The van der Waals surface area contributed by atoms with E-state index in [0.717, 1.165) is 35.3 Å². The molecule has 2 aromatic carbocycles. The molecule has 1 aliphatic heterocycles. The van der Waals surface area contributed by atoms with Crippen LogP contribution in [0.5, 0.6) is 5.75 Å². The number of thiazole rings is 1. The monoisotopic (exact) mass is 479 g/mol. The van der Waals surface area contributed by atoms with E-state index in [-0.39, 0.29) is 24.5 Å². The van der Waals surface area contributed by atoms with E-state index in [0.29, 0.717) is 31.1 Å². The highest BCUT2D eigenvalue weighted by Crippen LogP contribution is 2.21. The Morgan fingerprint density at radius 3 is 2.85 bits per heavy atom.